The van der Waals surface area contributed by atoms with Gasteiger partial charge in [0.2, 0.25) is 0 Å². The number of ether oxygens (including phenoxy) is 1. The number of rotatable bonds is 4. The van der Waals surface area contributed by atoms with Crippen molar-refractivity contribution < 1.29 is 4.74 Å². The lowest BCUT2D eigenvalue weighted by molar-refractivity contribution is -0.000190. The van der Waals surface area contributed by atoms with E-state index in [0.29, 0.717) is 16.8 Å². The molecule has 1 aromatic heterocycles. The van der Waals surface area contributed by atoms with Crippen molar-refractivity contribution in [1.29, 1.82) is 5.41 Å². The van der Waals surface area contributed by atoms with Gasteiger partial charge in [0.15, 0.2) is 0 Å². The number of aromatic nitrogens is 1. The maximum Gasteiger partial charge on any atom is 0.0708 e. The molecule has 0 amide bonds. The zero-order valence-corrected chi connectivity index (χ0v) is 15.7. The van der Waals surface area contributed by atoms with Crippen molar-refractivity contribution in [3.63, 3.8) is 0 Å². The van der Waals surface area contributed by atoms with Crippen molar-refractivity contribution in [2.75, 3.05) is 31.2 Å². The van der Waals surface area contributed by atoms with Crippen molar-refractivity contribution in [2.24, 2.45) is 11.1 Å². The lowest BCUT2D eigenvalue weighted by Gasteiger charge is -2.53. The largest absolute Gasteiger partial charge is 0.402 e. The van der Waals surface area contributed by atoms with E-state index in [1.807, 2.05) is 19.1 Å². The Hall–Kier alpha value is -2.66. The second kappa shape index (κ2) is 7.16. The second-order valence-corrected chi connectivity index (χ2v) is 7.68. The van der Waals surface area contributed by atoms with E-state index in [4.69, 9.17) is 15.9 Å². The summed E-state index contributed by atoms with van der Waals surface area (Å²) in [6, 6.07) is 12.1. The van der Waals surface area contributed by atoms with Crippen LogP contribution in [0, 0.1) is 10.8 Å². The van der Waals surface area contributed by atoms with E-state index < -0.39 is 0 Å². The Morgan fingerprint density at radius 2 is 1.67 bits per heavy atom. The highest BCUT2D eigenvalue weighted by molar-refractivity contribution is 6.30. The van der Waals surface area contributed by atoms with Crippen LogP contribution in [0.4, 0.5) is 5.69 Å². The monoisotopic (exact) mass is 362 g/mol. The van der Waals surface area contributed by atoms with E-state index in [1.54, 1.807) is 12.4 Å². The van der Waals surface area contributed by atoms with E-state index in [9.17, 15) is 0 Å². The number of nitrogens with two attached hydrogens (primary N) is 1. The first-order chi connectivity index (χ1) is 13.1. The number of nitrogens with zero attached hydrogens (tertiary/aromatic N) is 2. The molecule has 3 N–H and O–H groups in total. The molecule has 2 fully saturated rings. The van der Waals surface area contributed by atoms with E-state index in [0.717, 1.165) is 43.0 Å². The van der Waals surface area contributed by atoms with E-state index in [2.05, 4.69) is 34.1 Å². The Balaban J connectivity index is 1.51. The van der Waals surface area contributed by atoms with Gasteiger partial charge < -0.3 is 15.4 Å². The number of hydrogen-bond acceptors (Lipinski definition) is 5. The number of anilines is 1. The highest BCUT2D eigenvalue weighted by Crippen LogP contribution is 2.42. The van der Waals surface area contributed by atoms with Gasteiger partial charge in [-0.25, -0.2) is 0 Å². The van der Waals surface area contributed by atoms with Crippen molar-refractivity contribution in [2.45, 2.75) is 19.8 Å². The predicted molar refractivity (Wildman–Crippen MR) is 109 cm³/mol. The van der Waals surface area contributed by atoms with Gasteiger partial charge in [0.05, 0.1) is 5.71 Å². The van der Waals surface area contributed by atoms with E-state index in [1.165, 1.54) is 18.5 Å². The standard InChI is InChI=1S/C22H26N4O/c1-16(23)20(21(24)18-6-10-25-11-7-18)17-2-4-19(5-3-17)26-14-22(15-26)8-12-27-13-9-22/h2-7,10-11,24H,8-9,12-15,23H2,1H3/b20-16-,24-21?. The van der Waals surface area contributed by atoms with Crippen molar-refractivity contribution in [1.82, 2.24) is 4.98 Å². The highest BCUT2D eigenvalue weighted by atomic mass is 16.5. The third kappa shape index (κ3) is 3.47. The number of hydrogen-bond donors (Lipinski definition) is 2. The summed E-state index contributed by atoms with van der Waals surface area (Å²) in [6.07, 6.45) is 5.74. The topological polar surface area (TPSA) is 75.2 Å². The number of allylic oxidation sites excluding steroid dienone is 2. The Morgan fingerprint density at radius 3 is 2.26 bits per heavy atom. The lowest BCUT2D eigenvalue weighted by atomic mass is 9.73. The maximum absolute atomic E-state index is 8.58. The molecule has 2 saturated heterocycles. The molecule has 27 heavy (non-hydrogen) atoms. The summed E-state index contributed by atoms with van der Waals surface area (Å²) >= 11 is 0. The van der Waals surface area contributed by atoms with Gasteiger partial charge >= 0.3 is 0 Å². The fourth-order valence-corrected chi connectivity index (χ4v) is 4.14. The van der Waals surface area contributed by atoms with Gasteiger partial charge in [-0.3, -0.25) is 10.4 Å². The average Bonchev–Trinajstić information content (AvgIpc) is 2.68. The summed E-state index contributed by atoms with van der Waals surface area (Å²) in [5.74, 6) is 0. The minimum Gasteiger partial charge on any atom is -0.402 e. The summed E-state index contributed by atoms with van der Waals surface area (Å²) in [5.41, 5.74) is 11.5. The van der Waals surface area contributed by atoms with Gasteiger partial charge in [0, 0.05) is 66.6 Å². The van der Waals surface area contributed by atoms with E-state index >= 15 is 0 Å². The van der Waals surface area contributed by atoms with Crippen molar-refractivity contribution in [3.8, 4) is 0 Å². The summed E-state index contributed by atoms with van der Waals surface area (Å²) in [4.78, 5) is 6.46. The molecule has 0 unspecified atom stereocenters. The van der Waals surface area contributed by atoms with Crippen molar-refractivity contribution >= 4 is 17.0 Å². The van der Waals surface area contributed by atoms with Gasteiger partial charge in [-0.15, -0.1) is 0 Å². The zero-order chi connectivity index (χ0) is 18.9. The second-order valence-electron chi connectivity index (χ2n) is 7.68. The fraction of sp³-hybridized carbons (Fsp3) is 0.364. The van der Waals surface area contributed by atoms with Crippen LogP contribution in [0.5, 0.6) is 0 Å². The summed E-state index contributed by atoms with van der Waals surface area (Å²) in [5, 5.41) is 8.58. The first-order valence-corrected chi connectivity index (χ1v) is 9.47. The molecule has 0 saturated carbocycles. The Kier molecular flexibility index (Phi) is 4.70. The van der Waals surface area contributed by atoms with Crippen LogP contribution >= 0.6 is 0 Å². The normalized spacial score (nSPS) is 19.4. The molecule has 0 aliphatic carbocycles. The first-order valence-electron chi connectivity index (χ1n) is 9.47. The molecule has 3 heterocycles. The fourth-order valence-electron chi connectivity index (χ4n) is 4.14. The molecule has 140 valence electrons. The average molecular weight is 362 g/mol. The van der Waals surface area contributed by atoms with Crippen LogP contribution in [-0.2, 0) is 4.74 Å². The maximum atomic E-state index is 8.58. The highest BCUT2D eigenvalue weighted by Gasteiger charge is 2.43. The molecule has 4 rings (SSSR count). The van der Waals surface area contributed by atoms with E-state index in [-0.39, 0.29) is 0 Å². The summed E-state index contributed by atoms with van der Waals surface area (Å²) < 4.78 is 5.51. The van der Waals surface area contributed by atoms with Crippen LogP contribution in [0.25, 0.3) is 5.57 Å². The van der Waals surface area contributed by atoms with Gasteiger partial charge in [-0.1, -0.05) is 12.1 Å². The van der Waals surface area contributed by atoms with Crippen LogP contribution in [0.15, 0.2) is 54.5 Å². The molecule has 2 aliphatic rings. The molecular formula is C22H26N4O. The van der Waals surface area contributed by atoms with Gasteiger partial charge in [-0.2, -0.15) is 0 Å². The summed E-state index contributed by atoms with van der Waals surface area (Å²) in [7, 11) is 0. The molecule has 5 nitrogen and oxygen atoms in total. The smallest absolute Gasteiger partial charge is 0.0708 e. The third-order valence-electron chi connectivity index (χ3n) is 5.74. The zero-order valence-electron chi connectivity index (χ0n) is 15.7. The van der Waals surface area contributed by atoms with Crippen LogP contribution < -0.4 is 10.6 Å². The van der Waals surface area contributed by atoms with Crippen molar-refractivity contribution in [3.05, 3.63) is 65.6 Å². The predicted octanol–water partition coefficient (Wildman–Crippen LogP) is 3.46. The Morgan fingerprint density at radius 1 is 1.04 bits per heavy atom. The van der Waals surface area contributed by atoms with Gasteiger partial charge in [0.1, 0.15) is 0 Å². The minimum atomic E-state index is 0.426. The number of nitrogens with one attached hydrogen (secondary N) is 1. The molecule has 5 heteroatoms. The lowest BCUT2D eigenvalue weighted by Crippen LogP contribution is -2.58. The number of pyridine rings is 1. The molecule has 0 radical (unpaired) electrons. The van der Waals surface area contributed by atoms with Crippen LogP contribution in [0.1, 0.15) is 30.9 Å². The van der Waals surface area contributed by atoms with Gasteiger partial charge in [0.25, 0.3) is 0 Å². The first kappa shape index (κ1) is 17.7. The summed E-state index contributed by atoms with van der Waals surface area (Å²) in [6.45, 7) is 5.87. The molecule has 0 atom stereocenters. The molecule has 2 aliphatic heterocycles. The minimum absolute atomic E-state index is 0.426. The molecule has 0 bridgehead atoms. The quantitative estimate of drug-likeness (QED) is 0.817. The van der Waals surface area contributed by atoms with Gasteiger partial charge in [-0.05, 0) is 49.6 Å². The molecule has 1 aromatic carbocycles. The van der Waals surface area contributed by atoms with Crippen LogP contribution in [-0.4, -0.2) is 37.0 Å². The Labute approximate surface area is 160 Å². The van der Waals surface area contributed by atoms with Crippen LogP contribution in [0.3, 0.4) is 0 Å². The number of benzene rings is 1. The Bertz CT molecular complexity index is 840. The third-order valence-corrected chi connectivity index (χ3v) is 5.74. The molecule has 1 spiro atoms. The molecule has 2 aromatic rings. The molecular weight excluding hydrogens is 336 g/mol. The SMILES string of the molecule is C/C(N)=C(/C(=N)c1ccncc1)c1ccc(N2CC3(CCOCC3)C2)cc1. The van der Waals surface area contributed by atoms with Crippen LogP contribution in [0.2, 0.25) is 0 Å².